The highest BCUT2D eigenvalue weighted by Gasteiger charge is 2.31. The third-order valence-corrected chi connectivity index (χ3v) is 4.02. The molecule has 2 fully saturated rings. The zero-order valence-corrected chi connectivity index (χ0v) is 10.0. The molecule has 0 unspecified atom stereocenters. The molecule has 0 aromatic rings. The van der Waals surface area contributed by atoms with Crippen LogP contribution in [-0.4, -0.2) is 34.6 Å². The van der Waals surface area contributed by atoms with E-state index in [0.717, 1.165) is 51.4 Å². The van der Waals surface area contributed by atoms with Crippen molar-refractivity contribution in [2.75, 3.05) is 6.61 Å². The molecule has 0 saturated heterocycles. The SMILES string of the molecule is OC1CCC(OCC2(O)CCCCC2)CC1. The van der Waals surface area contributed by atoms with Crippen LogP contribution >= 0.6 is 0 Å². The van der Waals surface area contributed by atoms with Gasteiger partial charge in [-0.15, -0.1) is 0 Å². The minimum atomic E-state index is -0.561. The van der Waals surface area contributed by atoms with Crippen molar-refractivity contribution in [3.05, 3.63) is 0 Å². The van der Waals surface area contributed by atoms with Crippen molar-refractivity contribution in [2.45, 2.75) is 75.6 Å². The first kappa shape index (κ1) is 12.3. The summed E-state index contributed by atoms with van der Waals surface area (Å²) >= 11 is 0. The molecule has 2 aliphatic carbocycles. The van der Waals surface area contributed by atoms with Gasteiger partial charge in [-0.3, -0.25) is 0 Å². The van der Waals surface area contributed by atoms with Crippen molar-refractivity contribution in [2.24, 2.45) is 0 Å². The number of rotatable bonds is 3. The molecular formula is C13H24O3. The van der Waals surface area contributed by atoms with E-state index in [2.05, 4.69) is 0 Å². The van der Waals surface area contributed by atoms with Gasteiger partial charge in [-0.05, 0) is 38.5 Å². The highest BCUT2D eigenvalue weighted by atomic mass is 16.5. The Labute approximate surface area is 97.8 Å². The normalized spacial score (nSPS) is 34.9. The molecule has 0 radical (unpaired) electrons. The first-order chi connectivity index (χ1) is 7.68. The van der Waals surface area contributed by atoms with Gasteiger partial charge in [0, 0.05) is 0 Å². The van der Waals surface area contributed by atoms with Gasteiger partial charge in [-0.2, -0.15) is 0 Å². The molecule has 2 N–H and O–H groups in total. The number of hydrogen-bond acceptors (Lipinski definition) is 3. The first-order valence-corrected chi connectivity index (χ1v) is 6.70. The van der Waals surface area contributed by atoms with E-state index < -0.39 is 5.60 Å². The molecular weight excluding hydrogens is 204 g/mol. The van der Waals surface area contributed by atoms with Crippen LogP contribution in [0.25, 0.3) is 0 Å². The summed E-state index contributed by atoms with van der Waals surface area (Å²) in [6, 6.07) is 0. The average molecular weight is 228 g/mol. The van der Waals surface area contributed by atoms with Gasteiger partial charge < -0.3 is 14.9 Å². The van der Waals surface area contributed by atoms with Crippen molar-refractivity contribution in [3.8, 4) is 0 Å². The third kappa shape index (κ3) is 3.44. The standard InChI is InChI=1S/C13H24O3/c14-11-4-6-12(7-5-11)16-10-13(15)8-2-1-3-9-13/h11-12,14-15H,1-10H2. The highest BCUT2D eigenvalue weighted by molar-refractivity contribution is 4.83. The van der Waals surface area contributed by atoms with Crippen LogP contribution in [0.15, 0.2) is 0 Å². The van der Waals surface area contributed by atoms with Crippen LogP contribution in [0.3, 0.4) is 0 Å². The molecule has 2 aliphatic rings. The van der Waals surface area contributed by atoms with Crippen molar-refractivity contribution < 1.29 is 14.9 Å². The fourth-order valence-electron chi connectivity index (χ4n) is 2.84. The van der Waals surface area contributed by atoms with E-state index in [4.69, 9.17) is 4.74 Å². The lowest BCUT2D eigenvalue weighted by atomic mass is 9.85. The van der Waals surface area contributed by atoms with Gasteiger partial charge in [-0.25, -0.2) is 0 Å². The molecule has 0 aromatic heterocycles. The van der Waals surface area contributed by atoms with Crippen LogP contribution in [0.2, 0.25) is 0 Å². The summed E-state index contributed by atoms with van der Waals surface area (Å²) in [5.41, 5.74) is -0.561. The summed E-state index contributed by atoms with van der Waals surface area (Å²) in [7, 11) is 0. The van der Waals surface area contributed by atoms with E-state index in [1.165, 1.54) is 6.42 Å². The molecule has 0 aliphatic heterocycles. The Morgan fingerprint density at radius 3 is 2.25 bits per heavy atom. The van der Waals surface area contributed by atoms with E-state index in [-0.39, 0.29) is 12.2 Å². The number of hydrogen-bond donors (Lipinski definition) is 2. The summed E-state index contributed by atoms with van der Waals surface area (Å²) in [5.74, 6) is 0. The van der Waals surface area contributed by atoms with Crippen molar-refractivity contribution in [3.63, 3.8) is 0 Å². The largest absolute Gasteiger partial charge is 0.393 e. The molecule has 0 bridgehead atoms. The first-order valence-electron chi connectivity index (χ1n) is 6.70. The van der Waals surface area contributed by atoms with Crippen LogP contribution < -0.4 is 0 Å². The van der Waals surface area contributed by atoms with Gasteiger partial charge in [0.15, 0.2) is 0 Å². The molecule has 2 rings (SSSR count). The minimum absolute atomic E-state index is 0.127. The zero-order chi connectivity index (χ0) is 11.4. The fraction of sp³-hybridized carbons (Fsp3) is 1.00. The molecule has 0 spiro atoms. The summed E-state index contributed by atoms with van der Waals surface area (Å²) in [6.45, 7) is 0.494. The summed E-state index contributed by atoms with van der Waals surface area (Å²) in [5, 5.41) is 19.7. The molecule has 0 aromatic carbocycles. The van der Waals surface area contributed by atoms with Gasteiger partial charge in [0.2, 0.25) is 0 Å². The van der Waals surface area contributed by atoms with E-state index in [1.807, 2.05) is 0 Å². The number of aliphatic hydroxyl groups excluding tert-OH is 1. The Hall–Kier alpha value is -0.120. The molecule has 0 amide bonds. The third-order valence-electron chi connectivity index (χ3n) is 4.02. The molecule has 0 atom stereocenters. The summed E-state index contributed by atoms with van der Waals surface area (Å²) < 4.78 is 5.81. The number of ether oxygens (including phenoxy) is 1. The van der Waals surface area contributed by atoms with Crippen LogP contribution in [0, 0.1) is 0 Å². The predicted molar refractivity (Wildman–Crippen MR) is 62.2 cm³/mol. The van der Waals surface area contributed by atoms with Gasteiger partial charge in [0.25, 0.3) is 0 Å². The van der Waals surface area contributed by atoms with Crippen LogP contribution in [0.5, 0.6) is 0 Å². The molecule has 94 valence electrons. The Balaban J connectivity index is 1.70. The Morgan fingerprint density at radius 1 is 1.00 bits per heavy atom. The molecule has 0 heterocycles. The van der Waals surface area contributed by atoms with Gasteiger partial charge in [-0.1, -0.05) is 19.3 Å². The van der Waals surface area contributed by atoms with Gasteiger partial charge in [0.1, 0.15) is 0 Å². The predicted octanol–water partition coefficient (Wildman–Crippen LogP) is 2.00. The van der Waals surface area contributed by atoms with Crippen LogP contribution in [-0.2, 0) is 4.74 Å². The molecule has 2 saturated carbocycles. The lowest BCUT2D eigenvalue weighted by Crippen LogP contribution is -2.39. The summed E-state index contributed by atoms with van der Waals surface area (Å²) in [4.78, 5) is 0. The number of aliphatic hydroxyl groups is 2. The zero-order valence-electron chi connectivity index (χ0n) is 10.0. The smallest absolute Gasteiger partial charge is 0.0880 e. The van der Waals surface area contributed by atoms with Crippen molar-refractivity contribution >= 4 is 0 Å². The Kier molecular flexibility index (Phi) is 4.22. The summed E-state index contributed by atoms with van der Waals surface area (Å²) in [6.07, 6.45) is 9.00. The van der Waals surface area contributed by atoms with E-state index in [0.29, 0.717) is 6.61 Å². The fourth-order valence-corrected chi connectivity index (χ4v) is 2.84. The quantitative estimate of drug-likeness (QED) is 0.777. The highest BCUT2D eigenvalue weighted by Crippen LogP contribution is 2.30. The minimum Gasteiger partial charge on any atom is -0.393 e. The topological polar surface area (TPSA) is 49.7 Å². The maximum Gasteiger partial charge on any atom is 0.0880 e. The Morgan fingerprint density at radius 2 is 1.62 bits per heavy atom. The van der Waals surface area contributed by atoms with E-state index in [9.17, 15) is 10.2 Å². The van der Waals surface area contributed by atoms with Crippen molar-refractivity contribution in [1.29, 1.82) is 0 Å². The molecule has 3 nitrogen and oxygen atoms in total. The maximum absolute atomic E-state index is 10.3. The average Bonchev–Trinajstić information content (AvgIpc) is 2.29. The van der Waals surface area contributed by atoms with E-state index >= 15 is 0 Å². The lowest BCUT2D eigenvalue weighted by molar-refractivity contribution is -0.102. The van der Waals surface area contributed by atoms with E-state index in [1.54, 1.807) is 0 Å². The second kappa shape index (κ2) is 5.48. The maximum atomic E-state index is 10.3. The second-order valence-corrected chi connectivity index (χ2v) is 5.53. The monoisotopic (exact) mass is 228 g/mol. The van der Waals surface area contributed by atoms with Crippen LogP contribution in [0.1, 0.15) is 57.8 Å². The van der Waals surface area contributed by atoms with Crippen LogP contribution in [0.4, 0.5) is 0 Å². The van der Waals surface area contributed by atoms with Gasteiger partial charge in [0.05, 0.1) is 24.4 Å². The lowest BCUT2D eigenvalue weighted by Gasteiger charge is -2.34. The van der Waals surface area contributed by atoms with Crippen molar-refractivity contribution in [1.82, 2.24) is 0 Å². The second-order valence-electron chi connectivity index (χ2n) is 5.53. The molecule has 16 heavy (non-hydrogen) atoms. The molecule has 3 heteroatoms. The van der Waals surface area contributed by atoms with Gasteiger partial charge >= 0.3 is 0 Å². The Bertz CT molecular complexity index is 203.